The fraction of sp³-hybridized carbons (Fsp3) is 0.857. The molecule has 1 aliphatic rings. The zero-order valence-corrected chi connectivity index (χ0v) is 9.34. The van der Waals surface area contributed by atoms with E-state index in [1.54, 1.807) is 0 Å². The summed E-state index contributed by atoms with van der Waals surface area (Å²) in [6.07, 6.45) is 0. The summed E-state index contributed by atoms with van der Waals surface area (Å²) in [5, 5.41) is 7.79. The number of carbonyl (C=O) groups is 1. The van der Waals surface area contributed by atoms with E-state index in [2.05, 4.69) is 0 Å². The fourth-order valence-corrected chi connectivity index (χ4v) is 1.48. The van der Waals surface area contributed by atoms with Crippen molar-refractivity contribution in [3.63, 3.8) is 0 Å². The molecule has 0 amide bonds. The van der Waals surface area contributed by atoms with E-state index in [1.165, 1.54) is 0 Å². The molecule has 0 radical (unpaired) electrons. The summed E-state index contributed by atoms with van der Waals surface area (Å²) in [5.41, 5.74) is 0. The third-order valence-electron chi connectivity index (χ3n) is 2.64. The predicted octanol–water partition coefficient (Wildman–Crippen LogP) is 3.07. The zero-order valence-electron chi connectivity index (χ0n) is 9.34. The van der Waals surface area contributed by atoms with Crippen LogP contribution in [0.2, 0.25) is 0 Å². The summed E-state index contributed by atoms with van der Waals surface area (Å²) < 4.78 is 154. The van der Waals surface area contributed by atoms with Crippen molar-refractivity contribution in [2.75, 3.05) is 0 Å². The molecule has 22 heavy (non-hydrogen) atoms. The fourth-order valence-electron chi connectivity index (χ4n) is 1.48. The topological polar surface area (TPSA) is 40.5 Å². The zero-order chi connectivity index (χ0) is 18.2. The van der Waals surface area contributed by atoms with Crippen LogP contribution in [0.25, 0.3) is 0 Å². The van der Waals surface area contributed by atoms with Gasteiger partial charge in [0.1, 0.15) is 0 Å². The van der Waals surface area contributed by atoms with Gasteiger partial charge >= 0.3 is 41.9 Å². The molecule has 1 rings (SSSR count). The molecule has 3 nitrogen and oxygen atoms in total. The molecule has 0 atom stereocenters. The molecule has 130 valence electrons. The minimum absolute atomic E-state index is 3.73. The number of nitrogens with zero attached hydrogens (tertiary/aromatic N) is 1. The Morgan fingerprint density at radius 1 is 0.727 bits per heavy atom. The first kappa shape index (κ1) is 18.6. The van der Waals surface area contributed by atoms with Crippen molar-refractivity contribution in [2.24, 2.45) is 0 Å². The minimum Gasteiger partial charge on any atom is -0.476 e. The van der Waals surface area contributed by atoms with Crippen molar-refractivity contribution in [2.45, 2.75) is 35.9 Å². The minimum atomic E-state index is -7.46. The molecule has 0 unspecified atom stereocenters. The second-order valence-corrected chi connectivity index (χ2v) is 3.99. The maximum atomic E-state index is 13.0. The Labute approximate surface area is 111 Å². The molecular weight excluding hydrogens is 358 g/mol. The quantitative estimate of drug-likeness (QED) is 0.609. The van der Waals surface area contributed by atoms with Gasteiger partial charge in [-0.05, 0) is 0 Å². The summed E-state index contributed by atoms with van der Waals surface area (Å²) in [6.45, 7) is 0. The van der Waals surface area contributed by atoms with Gasteiger partial charge in [-0.1, -0.05) is 4.90 Å². The highest BCUT2D eigenvalue weighted by molar-refractivity contribution is 5.75. The van der Waals surface area contributed by atoms with E-state index < -0.39 is 46.8 Å². The standard InChI is InChI=1S/C7HF12NO2/c8-2(9,1(21)22)20-6(16,17)4(12,13)3(10,11)5(14,15)7(20,18)19/h(H,21,22). The highest BCUT2D eigenvalue weighted by Crippen LogP contribution is 2.66. The molecule has 0 aromatic rings. The van der Waals surface area contributed by atoms with Crippen LogP contribution in [0, 0.1) is 0 Å². The molecule has 0 saturated carbocycles. The Hall–Kier alpha value is -1.41. The SMILES string of the molecule is O=C(O)C(F)(F)N1C(F)(F)C(F)(F)C(F)(F)C(F)(F)C1(F)F. The van der Waals surface area contributed by atoms with Crippen molar-refractivity contribution in [1.29, 1.82) is 0 Å². The van der Waals surface area contributed by atoms with E-state index >= 15 is 0 Å². The molecular formula is C7HF12NO2. The van der Waals surface area contributed by atoms with Crippen molar-refractivity contribution < 1.29 is 62.6 Å². The first-order valence-corrected chi connectivity index (χ1v) is 4.62. The predicted molar refractivity (Wildman–Crippen MR) is 39.2 cm³/mol. The number of hydrogen-bond acceptors (Lipinski definition) is 2. The third kappa shape index (κ3) is 1.68. The molecule has 0 aromatic carbocycles. The maximum absolute atomic E-state index is 13.0. The first-order chi connectivity index (χ1) is 9.31. The molecule has 15 heteroatoms. The lowest BCUT2D eigenvalue weighted by molar-refractivity contribution is -0.530. The Balaban J connectivity index is 3.82. The molecule has 1 fully saturated rings. The molecule has 0 spiro atoms. The molecule has 0 aliphatic carbocycles. The third-order valence-corrected chi connectivity index (χ3v) is 2.64. The van der Waals surface area contributed by atoms with Crippen LogP contribution in [-0.2, 0) is 4.79 Å². The number of likely N-dealkylation sites (tertiary alicyclic amines) is 1. The summed E-state index contributed by atoms with van der Waals surface area (Å²) >= 11 is 0. The van der Waals surface area contributed by atoms with Gasteiger partial charge in [0.2, 0.25) is 0 Å². The van der Waals surface area contributed by atoms with Crippen LogP contribution in [0.3, 0.4) is 0 Å². The van der Waals surface area contributed by atoms with Crippen LogP contribution in [0.4, 0.5) is 52.7 Å². The number of carboxylic acids is 1. The van der Waals surface area contributed by atoms with E-state index in [-0.39, 0.29) is 0 Å². The Morgan fingerprint density at radius 3 is 1.23 bits per heavy atom. The number of rotatable bonds is 2. The van der Waals surface area contributed by atoms with Crippen LogP contribution in [0.15, 0.2) is 0 Å². The van der Waals surface area contributed by atoms with Crippen LogP contribution < -0.4 is 0 Å². The van der Waals surface area contributed by atoms with Crippen LogP contribution in [-0.4, -0.2) is 51.9 Å². The molecule has 1 aliphatic heterocycles. The van der Waals surface area contributed by atoms with Crippen molar-refractivity contribution >= 4 is 5.97 Å². The van der Waals surface area contributed by atoms with Gasteiger partial charge in [-0.25, -0.2) is 4.79 Å². The Kier molecular flexibility index (Phi) is 3.48. The lowest BCUT2D eigenvalue weighted by atomic mass is 9.93. The lowest BCUT2D eigenvalue weighted by Crippen LogP contribution is -2.84. The number of halogens is 12. The van der Waals surface area contributed by atoms with Gasteiger partial charge in [0.15, 0.2) is 0 Å². The van der Waals surface area contributed by atoms with Crippen molar-refractivity contribution in [1.82, 2.24) is 4.90 Å². The van der Waals surface area contributed by atoms with E-state index in [0.717, 1.165) is 0 Å². The van der Waals surface area contributed by atoms with Crippen LogP contribution >= 0.6 is 0 Å². The second kappa shape index (κ2) is 4.11. The van der Waals surface area contributed by atoms with Gasteiger partial charge in [-0.15, -0.1) is 0 Å². The van der Waals surface area contributed by atoms with Crippen molar-refractivity contribution in [3.05, 3.63) is 0 Å². The van der Waals surface area contributed by atoms with E-state index in [1.807, 2.05) is 0 Å². The average Bonchev–Trinajstić information content (AvgIpc) is 2.24. The van der Waals surface area contributed by atoms with E-state index in [0.29, 0.717) is 0 Å². The van der Waals surface area contributed by atoms with Gasteiger partial charge in [-0.3, -0.25) is 0 Å². The average molecular weight is 359 g/mol. The normalized spacial score (nSPS) is 29.1. The molecule has 0 bridgehead atoms. The van der Waals surface area contributed by atoms with Gasteiger partial charge in [0, 0.05) is 0 Å². The van der Waals surface area contributed by atoms with Crippen LogP contribution in [0.5, 0.6) is 0 Å². The summed E-state index contributed by atoms with van der Waals surface area (Å²) in [5.74, 6) is -26.3. The van der Waals surface area contributed by atoms with Gasteiger partial charge < -0.3 is 5.11 Å². The maximum Gasteiger partial charge on any atom is 0.411 e. The highest BCUT2D eigenvalue weighted by Gasteiger charge is 2.98. The Bertz CT molecular complexity index is 470. The monoisotopic (exact) mass is 359 g/mol. The molecule has 1 heterocycles. The van der Waals surface area contributed by atoms with E-state index in [4.69, 9.17) is 5.11 Å². The smallest absolute Gasteiger partial charge is 0.411 e. The van der Waals surface area contributed by atoms with Crippen molar-refractivity contribution in [3.8, 4) is 0 Å². The van der Waals surface area contributed by atoms with Crippen LogP contribution in [0.1, 0.15) is 0 Å². The van der Waals surface area contributed by atoms with Gasteiger partial charge in [-0.2, -0.15) is 52.7 Å². The largest absolute Gasteiger partial charge is 0.476 e. The molecule has 1 N–H and O–H groups in total. The van der Waals surface area contributed by atoms with Gasteiger partial charge in [0.25, 0.3) is 0 Å². The number of hydrogen-bond donors (Lipinski definition) is 1. The number of carboxylic acid groups (broad SMARTS) is 1. The second-order valence-electron chi connectivity index (χ2n) is 3.99. The number of alkyl halides is 12. The first-order valence-electron chi connectivity index (χ1n) is 4.62. The molecule has 1 saturated heterocycles. The summed E-state index contributed by atoms with van der Waals surface area (Å²) in [7, 11) is 0. The number of aliphatic carboxylic acids is 1. The highest BCUT2D eigenvalue weighted by atomic mass is 19.4. The molecule has 0 aromatic heterocycles. The van der Waals surface area contributed by atoms with E-state index in [9.17, 15) is 57.5 Å². The summed E-state index contributed by atoms with van der Waals surface area (Å²) in [6, 6.07) is -21.4. The Morgan fingerprint density at radius 2 is 1.00 bits per heavy atom. The summed E-state index contributed by atoms with van der Waals surface area (Å²) in [4.78, 5) is 6.21. The number of piperidine rings is 1. The van der Waals surface area contributed by atoms with Gasteiger partial charge in [0.05, 0.1) is 0 Å². The lowest BCUT2D eigenvalue weighted by Gasteiger charge is -2.52.